The van der Waals surface area contributed by atoms with Crippen LogP contribution >= 0.6 is 11.6 Å². The molecule has 0 fully saturated rings. The van der Waals surface area contributed by atoms with Gasteiger partial charge in [-0.05, 0) is 41.7 Å². The summed E-state index contributed by atoms with van der Waals surface area (Å²) < 4.78 is 0. The molecule has 0 bridgehead atoms. The largest absolute Gasteiger partial charge is 0.368 e. The van der Waals surface area contributed by atoms with Crippen molar-refractivity contribution < 1.29 is 0 Å². The van der Waals surface area contributed by atoms with Gasteiger partial charge in [0.05, 0.1) is 5.69 Å². The molecule has 0 radical (unpaired) electrons. The van der Waals surface area contributed by atoms with Gasteiger partial charge in [-0.15, -0.1) is 0 Å². The highest BCUT2D eigenvalue weighted by Crippen LogP contribution is 2.42. The fourth-order valence-electron chi connectivity index (χ4n) is 3.27. The van der Waals surface area contributed by atoms with Crippen molar-refractivity contribution in [2.24, 2.45) is 0 Å². The van der Waals surface area contributed by atoms with Crippen molar-refractivity contribution in [3.05, 3.63) is 75.9 Å². The van der Waals surface area contributed by atoms with Gasteiger partial charge in [-0.3, -0.25) is 0 Å². The summed E-state index contributed by atoms with van der Waals surface area (Å²) in [6.07, 6.45) is 2.70. The van der Waals surface area contributed by atoms with E-state index in [2.05, 4.69) is 46.4 Å². The normalized spacial score (nSPS) is 15.8. The maximum absolute atomic E-state index is 6.34. The Bertz CT molecular complexity index is 905. The van der Waals surface area contributed by atoms with Gasteiger partial charge in [-0.1, -0.05) is 48.0 Å². The van der Waals surface area contributed by atoms with Gasteiger partial charge in [0.25, 0.3) is 0 Å². The molecule has 0 aliphatic heterocycles. The number of fused-ring (bicyclic) bond motifs is 3. The average Bonchev–Trinajstić information content (AvgIpc) is 2.57. The van der Waals surface area contributed by atoms with Crippen LogP contribution in [0.3, 0.4) is 0 Å². The number of aromatic nitrogens is 2. The summed E-state index contributed by atoms with van der Waals surface area (Å²) >= 11 is 6.34. The Hall–Kier alpha value is -2.39. The van der Waals surface area contributed by atoms with E-state index < -0.39 is 0 Å². The molecule has 0 saturated heterocycles. The minimum atomic E-state index is 0.254. The minimum Gasteiger partial charge on any atom is -0.368 e. The Kier molecular flexibility index (Phi) is 3.31. The van der Waals surface area contributed by atoms with E-state index in [9.17, 15) is 0 Å². The van der Waals surface area contributed by atoms with Crippen LogP contribution in [0.5, 0.6) is 0 Å². The summed E-state index contributed by atoms with van der Waals surface area (Å²) in [5.41, 5.74) is 12.6. The van der Waals surface area contributed by atoms with E-state index in [1.807, 2.05) is 19.2 Å². The second kappa shape index (κ2) is 5.36. The quantitative estimate of drug-likeness (QED) is 0.723. The number of nitrogen functional groups attached to an aromatic ring is 1. The van der Waals surface area contributed by atoms with Gasteiger partial charge < -0.3 is 5.73 Å². The van der Waals surface area contributed by atoms with Gasteiger partial charge >= 0.3 is 0 Å². The molecule has 1 aliphatic rings. The Labute approximate surface area is 140 Å². The van der Waals surface area contributed by atoms with Crippen LogP contribution in [0.2, 0.25) is 5.02 Å². The van der Waals surface area contributed by atoms with Gasteiger partial charge in [0.1, 0.15) is 0 Å². The van der Waals surface area contributed by atoms with Crippen molar-refractivity contribution in [2.45, 2.75) is 19.3 Å². The van der Waals surface area contributed by atoms with Crippen molar-refractivity contribution in [1.29, 1.82) is 0 Å². The summed E-state index contributed by atoms with van der Waals surface area (Å²) in [7, 11) is 0. The molecule has 0 saturated carbocycles. The van der Waals surface area contributed by atoms with E-state index in [-0.39, 0.29) is 5.92 Å². The zero-order valence-electron chi connectivity index (χ0n) is 12.8. The lowest BCUT2D eigenvalue weighted by molar-refractivity contribution is 0.782. The fraction of sp³-hybridized carbons (Fsp3) is 0.158. The molecule has 3 aromatic rings. The average molecular weight is 322 g/mol. The Morgan fingerprint density at radius 2 is 2.00 bits per heavy atom. The molecule has 1 atom stereocenters. The highest BCUT2D eigenvalue weighted by molar-refractivity contribution is 6.31. The number of hydrogen-bond acceptors (Lipinski definition) is 3. The van der Waals surface area contributed by atoms with Gasteiger partial charge in [0.15, 0.2) is 0 Å². The van der Waals surface area contributed by atoms with Crippen LogP contribution in [0.25, 0.3) is 11.3 Å². The molecule has 1 aliphatic carbocycles. The molecule has 3 nitrogen and oxygen atoms in total. The van der Waals surface area contributed by atoms with Crippen LogP contribution in [-0.2, 0) is 6.42 Å². The number of halogens is 1. The maximum Gasteiger partial charge on any atom is 0.220 e. The van der Waals surface area contributed by atoms with Gasteiger partial charge in [0, 0.05) is 22.7 Å². The number of aryl methyl sites for hydroxylation is 1. The lowest BCUT2D eigenvalue weighted by atomic mass is 9.78. The molecule has 23 heavy (non-hydrogen) atoms. The second-order valence-corrected chi connectivity index (χ2v) is 6.36. The molecular formula is C19H16ClN3. The Morgan fingerprint density at radius 1 is 1.17 bits per heavy atom. The lowest BCUT2D eigenvalue weighted by Gasteiger charge is -2.27. The highest BCUT2D eigenvalue weighted by Gasteiger charge is 2.27. The first-order valence-corrected chi connectivity index (χ1v) is 7.98. The summed E-state index contributed by atoms with van der Waals surface area (Å²) in [4.78, 5) is 8.62. The number of hydrogen-bond donors (Lipinski definition) is 1. The summed E-state index contributed by atoms with van der Waals surface area (Å²) in [5, 5.41) is 0.805. The van der Waals surface area contributed by atoms with E-state index in [1.54, 1.807) is 0 Å². The molecular weight excluding hydrogens is 306 g/mol. The fourth-order valence-corrected chi connectivity index (χ4v) is 3.46. The summed E-state index contributed by atoms with van der Waals surface area (Å²) in [5.74, 6) is 0.569. The number of anilines is 1. The van der Waals surface area contributed by atoms with Gasteiger partial charge in [-0.25, -0.2) is 9.97 Å². The maximum atomic E-state index is 6.34. The number of rotatable bonds is 1. The summed E-state index contributed by atoms with van der Waals surface area (Å²) in [6, 6.07) is 14.7. The molecule has 0 spiro atoms. The van der Waals surface area contributed by atoms with Gasteiger partial charge in [0.2, 0.25) is 5.95 Å². The second-order valence-electron chi connectivity index (χ2n) is 5.95. The third-order valence-electron chi connectivity index (χ3n) is 4.50. The van der Waals surface area contributed by atoms with Crippen LogP contribution < -0.4 is 5.73 Å². The van der Waals surface area contributed by atoms with Crippen LogP contribution in [0.15, 0.2) is 48.7 Å². The lowest BCUT2D eigenvalue weighted by Crippen LogP contribution is -2.15. The van der Waals surface area contributed by atoms with Crippen LogP contribution in [0, 0.1) is 6.92 Å². The predicted octanol–water partition coefficient (Wildman–Crippen LogP) is 4.38. The molecule has 1 unspecified atom stereocenters. The topological polar surface area (TPSA) is 51.8 Å². The SMILES string of the molecule is Cc1ccc(C2Cc3cnc(N)nc3-c3ccccc32)cc1Cl. The Balaban J connectivity index is 1.90. The van der Waals surface area contributed by atoms with E-state index in [1.165, 1.54) is 11.1 Å². The van der Waals surface area contributed by atoms with Crippen LogP contribution in [0.4, 0.5) is 5.95 Å². The van der Waals surface area contributed by atoms with Crippen molar-refractivity contribution in [3.63, 3.8) is 0 Å². The first-order chi connectivity index (χ1) is 11.1. The van der Waals surface area contributed by atoms with Crippen molar-refractivity contribution >= 4 is 17.5 Å². The molecule has 114 valence electrons. The molecule has 2 N–H and O–H groups in total. The highest BCUT2D eigenvalue weighted by atomic mass is 35.5. The van der Waals surface area contributed by atoms with Crippen LogP contribution in [-0.4, -0.2) is 9.97 Å². The summed E-state index contributed by atoms with van der Waals surface area (Å²) in [6.45, 7) is 2.02. The van der Waals surface area contributed by atoms with Gasteiger partial charge in [-0.2, -0.15) is 0 Å². The van der Waals surface area contributed by atoms with Crippen LogP contribution in [0.1, 0.15) is 28.2 Å². The molecule has 4 heteroatoms. The molecule has 4 rings (SSSR count). The number of nitrogens with two attached hydrogens (primary N) is 1. The van der Waals surface area contributed by atoms with E-state index in [4.69, 9.17) is 17.3 Å². The van der Waals surface area contributed by atoms with Crippen molar-refractivity contribution in [1.82, 2.24) is 9.97 Å². The third-order valence-corrected chi connectivity index (χ3v) is 4.90. The third kappa shape index (κ3) is 2.37. The molecule has 1 heterocycles. The van der Waals surface area contributed by atoms with Crippen molar-refractivity contribution in [3.8, 4) is 11.3 Å². The zero-order chi connectivity index (χ0) is 16.0. The first kappa shape index (κ1) is 14.2. The number of benzene rings is 2. The zero-order valence-corrected chi connectivity index (χ0v) is 13.5. The monoisotopic (exact) mass is 321 g/mol. The number of nitrogens with zero attached hydrogens (tertiary/aromatic N) is 2. The minimum absolute atomic E-state index is 0.254. The molecule has 2 aromatic carbocycles. The van der Waals surface area contributed by atoms with E-state index in [0.717, 1.165) is 33.8 Å². The molecule has 0 amide bonds. The smallest absolute Gasteiger partial charge is 0.220 e. The molecule has 1 aromatic heterocycles. The predicted molar refractivity (Wildman–Crippen MR) is 93.6 cm³/mol. The van der Waals surface area contributed by atoms with E-state index in [0.29, 0.717) is 5.95 Å². The Morgan fingerprint density at radius 3 is 2.83 bits per heavy atom. The van der Waals surface area contributed by atoms with Crippen molar-refractivity contribution in [2.75, 3.05) is 5.73 Å². The van der Waals surface area contributed by atoms with E-state index >= 15 is 0 Å². The standard InChI is InChI=1S/C19H16ClN3/c1-11-6-7-12(9-17(11)20)16-8-13-10-22-19(21)23-18(13)15-5-3-2-4-14(15)16/h2-7,9-10,16H,8H2,1H3,(H2,21,22,23). The first-order valence-electron chi connectivity index (χ1n) is 7.60.